The number of anilines is 1. The van der Waals surface area contributed by atoms with Crippen LogP contribution in [0.15, 0.2) is 23.1 Å². The molecular formula is C13H19FN2O3S. The molecule has 0 aliphatic rings. The highest BCUT2D eigenvalue weighted by Gasteiger charge is 2.22. The van der Waals surface area contributed by atoms with Gasteiger partial charge in [-0.2, -0.15) is 0 Å². The molecule has 7 heteroatoms. The first-order valence-electron chi connectivity index (χ1n) is 6.19. The molecule has 1 aromatic rings. The minimum absolute atomic E-state index is 0.0855. The van der Waals surface area contributed by atoms with Crippen LogP contribution >= 0.6 is 0 Å². The molecule has 20 heavy (non-hydrogen) atoms. The first-order chi connectivity index (χ1) is 9.47. The number of rotatable bonds is 7. The fourth-order valence-electron chi connectivity index (χ4n) is 1.56. The zero-order valence-corrected chi connectivity index (χ0v) is 12.3. The van der Waals surface area contributed by atoms with E-state index >= 15 is 0 Å². The van der Waals surface area contributed by atoms with Gasteiger partial charge in [0.1, 0.15) is 11.1 Å². The summed E-state index contributed by atoms with van der Waals surface area (Å²) < 4.78 is 30.0. The monoisotopic (exact) mass is 302 g/mol. The Morgan fingerprint density at radius 3 is 2.85 bits per heavy atom. The largest absolute Gasteiger partial charge is 0.398 e. The molecule has 2 unspecified atom stereocenters. The maximum Gasteiger partial charge on any atom is 0.235 e. The van der Waals surface area contributed by atoms with Crippen molar-refractivity contribution in [1.82, 2.24) is 5.32 Å². The highest BCUT2D eigenvalue weighted by molar-refractivity contribution is 7.86. The van der Waals surface area contributed by atoms with Crippen molar-refractivity contribution in [2.45, 2.75) is 23.5 Å². The van der Waals surface area contributed by atoms with Gasteiger partial charge in [-0.1, -0.05) is 0 Å². The lowest BCUT2D eigenvalue weighted by Crippen LogP contribution is -2.36. The highest BCUT2D eigenvalue weighted by atomic mass is 32.2. The van der Waals surface area contributed by atoms with E-state index in [4.69, 9.17) is 10.5 Å². The number of methoxy groups -OCH3 is 1. The van der Waals surface area contributed by atoms with E-state index in [-0.39, 0.29) is 16.5 Å². The van der Waals surface area contributed by atoms with Gasteiger partial charge in [-0.05, 0) is 31.5 Å². The smallest absolute Gasteiger partial charge is 0.235 e. The number of nitrogens with one attached hydrogen (secondary N) is 1. The van der Waals surface area contributed by atoms with Crippen LogP contribution in [0.3, 0.4) is 0 Å². The van der Waals surface area contributed by atoms with E-state index in [1.165, 1.54) is 12.1 Å². The summed E-state index contributed by atoms with van der Waals surface area (Å²) in [5.41, 5.74) is 5.70. The third kappa shape index (κ3) is 4.57. The lowest BCUT2D eigenvalue weighted by molar-refractivity contribution is -0.120. The molecular weight excluding hydrogens is 283 g/mol. The number of nitrogens with two attached hydrogens (primary N) is 1. The Bertz CT molecular complexity index is 497. The van der Waals surface area contributed by atoms with Crippen molar-refractivity contribution in [2.75, 3.05) is 26.0 Å². The second kappa shape index (κ2) is 7.96. The molecule has 0 aliphatic heterocycles. The first kappa shape index (κ1) is 16.6. The number of amides is 1. The van der Waals surface area contributed by atoms with E-state index < -0.39 is 21.9 Å². The Labute approximate surface area is 120 Å². The number of benzene rings is 1. The molecule has 0 saturated carbocycles. The van der Waals surface area contributed by atoms with E-state index in [1.54, 1.807) is 14.0 Å². The number of halogens is 1. The van der Waals surface area contributed by atoms with Crippen molar-refractivity contribution in [3.05, 3.63) is 24.0 Å². The Hall–Kier alpha value is -1.47. The molecule has 3 N–H and O–H groups in total. The second-order valence-corrected chi connectivity index (χ2v) is 6.00. The number of hydrogen-bond acceptors (Lipinski definition) is 4. The Morgan fingerprint density at radius 1 is 1.55 bits per heavy atom. The molecule has 5 nitrogen and oxygen atoms in total. The maximum atomic E-state index is 12.9. The quantitative estimate of drug-likeness (QED) is 0.583. The summed E-state index contributed by atoms with van der Waals surface area (Å²) in [5.74, 6) is -0.830. The van der Waals surface area contributed by atoms with E-state index in [9.17, 15) is 13.4 Å². The standard InChI is InChI=1S/C13H19FN2O3S/c1-9(13(17)16-6-3-7-19-2)20(18)12-5-4-10(14)8-11(12)15/h4-5,8-9H,3,6-7,15H2,1-2H3,(H,16,17). The lowest BCUT2D eigenvalue weighted by Gasteiger charge is -2.13. The molecule has 0 fully saturated rings. The summed E-state index contributed by atoms with van der Waals surface area (Å²) in [4.78, 5) is 12.1. The van der Waals surface area contributed by atoms with Crippen molar-refractivity contribution >= 4 is 22.4 Å². The predicted octanol–water partition coefficient (Wildman–Crippen LogP) is 1.06. The van der Waals surface area contributed by atoms with Crippen LogP contribution in [0.1, 0.15) is 13.3 Å². The number of nitrogen functional groups attached to an aromatic ring is 1. The summed E-state index contributed by atoms with van der Waals surface area (Å²) in [6, 6.07) is 3.61. The summed E-state index contributed by atoms with van der Waals surface area (Å²) in [7, 11) is -0.0401. The topological polar surface area (TPSA) is 81.4 Å². The number of ether oxygens (including phenoxy) is 1. The van der Waals surface area contributed by atoms with E-state index in [0.29, 0.717) is 19.6 Å². The molecule has 1 aromatic carbocycles. The summed E-state index contributed by atoms with van der Waals surface area (Å²) in [5, 5.41) is 1.91. The van der Waals surface area contributed by atoms with E-state index in [2.05, 4.69) is 5.32 Å². The van der Waals surface area contributed by atoms with Crippen LogP contribution in [-0.2, 0) is 20.3 Å². The zero-order valence-electron chi connectivity index (χ0n) is 11.5. The van der Waals surface area contributed by atoms with Crippen LogP contribution < -0.4 is 11.1 Å². The highest BCUT2D eigenvalue weighted by Crippen LogP contribution is 2.20. The van der Waals surface area contributed by atoms with Gasteiger partial charge in [-0.15, -0.1) is 0 Å². The van der Waals surface area contributed by atoms with Crippen LogP contribution in [0.2, 0.25) is 0 Å². The molecule has 112 valence electrons. The van der Waals surface area contributed by atoms with Crippen LogP contribution in [-0.4, -0.2) is 35.6 Å². The molecule has 2 atom stereocenters. The summed E-state index contributed by atoms with van der Waals surface area (Å²) in [6.07, 6.45) is 0.681. The second-order valence-electron chi connectivity index (χ2n) is 4.26. The third-order valence-corrected chi connectivity index (χ3v) is 4.36. The molecule has 1 rings (SSSR count). The zero-order chi connectivity index (χ0) is 15.1. The van der Waals surface area contributed by atoms with Crippen LogP contribution in [0.25, 0.3) is 0 Å². The Morgan fingerprint density at radius 2 is 2.25 bits per heavy atom. The molecule has 0 radical (unpaired) electrons. The van der Waals surface area contributed by atoms with Gasteiger partial charge in [0.15, 0.2) is 0 Å². The summed E-state index contributed by atoms with van der Waals surface area (Å²) >= 11 is 0. The lowest BCUT2D eigenvalue weighted by atomic mass is 10.3. The van der Waals surface area contributed by atoms with Gasteiger partial charge < -0.3 is 15.8 Å². The number of carbonyl (C=O) groups excluding carboxylic acids is 1. The van der Waals surface area contributed by atoms with Gasteiger partial charge in [-0.3, -0.25) is 9.00 Å². The number of carbonyl (C=O) groups is 1. The molecule has 0 aromatic heterocycles. The molecule has 0 heterocycles. The van der Waals surface area contributed by atoms with Crippen LogP contribution in [0, 0.1) is 5.82 Å². The number of hydrogen-bond donors (Lipinski definition) is 2. The van der Waals surface area contributed by atoms with Crippen molar-refractivity contribution in [1.29, 1.82) is 0 Å². The fraction of sp³-hybridized carbons (Fsp3) is 0.462. The third-order valence-electron chi connectivity index (χ3n) is 2.70. The van der Waals surface area contributed by atoms with Gasteiger partial charge in [0.25, 0.3) is 0 Å². The average Bonchev–Trinajstić information content (AvgIpc) is 2.42. The van der Waals surface area contributed by atoms with Crippen molar-refractivity contribution in [2.24, 2.45) is 0 Å². The Kier molecular flexibility index (Phi) is 6.60. The van der Waals surface area contributed by atoms with Crippen molar-refractivity contribution < 1.29 is 18.1 Å². The van der Waals surface area contributed by atoms with Gasteiger partial charge in [0.2, 0.25) is 5.91 Å². The molecule has 0 saturated heterocycles. The first-order valence-corrected chi connectivity index (χ1v) is 7.41. The summed E-state index contributed by atoms with van der Waals surface area (Å²) in [6.45, 7) is 2.54. The maximum absolute atomic E-state index is 12.9. The molecule has 0 aliphatic carbocycles. The van der Waals surface area contributed by atoms with E-state index in [1.807, 2.05) is 0 Å². The minimum Gasteiger partial charge on any atom is -0.398 e. The minimum atomic E-state index is -1.62. The van der Waals surface area contributed by atoms with Gasteiger partial charge in [0.05, 0.1) is 21.4 Å². The fourth-order valence-corrected chi connectivity index (χ4v) is 2.71. The van der Waals surface area contributed by atoms with Crippen molar-refractivity contribution in [3.8, 4) is 0 Å². The van der Waals surface area contributed by atoms with Crippen LogP contribution in [0.5, 0.6) is 0 Å². The van der Waals surface area contributed by atoms with Crippen LogP contribution in [0.4, 0.5) is 10.1 Å². The normalized spacial score (nSPS) is 13.8. The average molecular weight is 302 g/mol. The van der Waals surface area contributed by atoms with Gasteiger partial charge in [0, 0.05) is 20.3 Å². The van der Waals surface area contributed by atoms with Gasteiger partial charge in [-0.25, -0.2) is 4.39 Å². The Balaban J connectivity index is 2.64. The SMILES string of the molecule is COCCCNC(=O)C(C)S(=O)c1ccc(F)cc1N. The van der Waals surface area contributed by atoms with E-state index in [0.717, 1.165) is 6.07 Å². The van der Waals surface area contributed by atoms with Gasteiger partial charge >= 0.3 is 0 Å². The van der Waals surface area contributed by atoms with Crippen molar-refractivity contribution in [3.63, 3.8) is 0 Å². The molecule has 0 bridgehead atoms. The molecule has 1 amide bonds. The molecule has 0 spiro atoms. The predicted molar refractivity (Wildman–Crippen MR) is 76.2 cm³/mol.